The molecular formula is C20H29N5O3. The maximum atomic E-state index is 12.4. The Morgan fingerprint density at radius 2 is 2.04 bits per heavy atom. The second-order valence-electron chi connectivity index (χ2n) is 8.61. The Morgan fingerprint density at radius 3 is 2.71 bits per heavy atom. The summed E-state index contributed by atoms with van der Waals surface area (Å²) in [6, 6.07) is 0.235. The van der Waals surface area contributed by atoms with Crippen LogP contribution in [-0.2, 0) is 25.4 Å². The fraction of sp³-hybridized carbons (Fsp3) is 0.700. The minimum atomic E-state index is -0.392. The first-order chi connectivity index (χ1) is 13.4. The minimum absolute atomic E-state index is 0.0694. The molecule has 0 aromatic carbocycles. The Labute approximate surface area is 163 Å². The minimum Gasteiger partial charge on any atom is -0.353 e. The molecule has 0 unspecified atom stereocenters. The summed E-state index contributed by atoms with van der Waals surface area (Å²) >= 11 is 0. The Balaban J connectivity index is 1.36. The van der Waals surface area contributed by atoms with Crippen LogP contribution in [0.25, 0.3) is 11.2 Å². The van der Waals surface area contributed by atoms with Crippen LogP contribution in [0.3, 0.4) is 0 Å². The normalized spacial score (nSPS) is 24.8. The van der Waals surface area contributed by atoms with Gasteiger partial charge in [-0.05, 0) is 50.4 Å². The predicted molar refractivity (Wildman–Crippen MR) is 106 cm³/mol. The van der Waals surface area contributed by atoms with Crippen molar-refractivity contribution >= 4 is 17.1 Å². The maximum absolute atomic E-state index is 12.4. The van der Waals surface area contributed by atoms with Crippen molar-refractivity contribution in [3.8, 4) is 0 Å². The Kier molecular flexibility index (Phi) is 4.89. The van der Waals surface area contributed by atoms with Gasteiger partial charge in [-0.1, -0.05) is 6.42 Å². The Bertz CT molecular complexity index is 1020. The maximum Gasteiger partial charge on any atom is 0.332 e. The van der Waals surface area contributed by atoms with Crippen molar-refractivity contribution < 1.29 is 4.79 Å². The average Bonchev–Trinajstić information content (AvgIpc) is 3.40. The van der Waals surface area contributed by atoms with Crippen LogP contribution in [0.1, 0.15) is 45.4 Å². The first-order valence-electron chi connectivity index (χ1n) is 10.3. The van der Waals surface area contributed by atoms with Crippen molar-refractivity contribution in [2.45, 2.75) is 58.0 Å². The fourth-order valence-corrected chi connectivity index (χ4v) is 5.32. The van der Waals surface area contributed by atoms with E-state index in [2.05, 4.69) is 17.2 Å². The van der Waals surface area contributed by atoms with E-state index < -0.39 is 5.69 Å². The van der Waals surface area contributed by atoms with Crippen molar-refractivity contribution in [1.29, 1.82) is 0 Å². The summed E-state index contributed by atoms with van der Waals surface area (Å²) < 4.78 is 4.20. The topological polar surface area (TPSA) is 90.9 Å². The van der Waals surface area contributed by atoms with E-state index in [9.17, 15) is 14.4 Å². The fourth-order valence-electron chi connectivity index (χ4n) is 5.32. The molecule has 4 rings (SSSR count). The molecule has 1 N–H and O–H groups in total. The molecule has 8 heteroatoms. The number of carbonyl (C=O) groups excluding carboxylic acids is 1. The molecular weight excluding hydrogens is 358 g/mol. The van der Waals surface area contributed by atoms with Gasteiger partial charge in [0.1, 0.15) is 0 Å². The van der Waals surface area contributed by atoms with Gasteiger partial charge in [-0.15, -0.1) is 0 Å². The van der Waals surface area contributed by atoms with E-state index in [4.69, 9.17) is 0 Å². The standard InChI is InChI=1S/C20H29N5O3/c1-12(15-10-13-6-7-14(15)9-13)22-16(26)5-4-8-25-11-21-18-17(25)19(27)24(3)20(28)23(18)2/h11-15H,4-10H2,1-3H3,(H,22,26)/t12-,13-,14-,15-/m0/s1. The van der Waals surface area contributed by atoms with Crippen molar-refractivity contribution in [2.24, 2.45) is 31.8 Å². The second kappa shape index (κ2) is 7.22. The van der Waals surface area contributed by atoms with Crippen LogP contribution >= 0.6 is 0 Å². The molecule has 4 atom stereocenters. The number of carbonyl (C=O) groups is 1. The molecule has 2 aliphatic rings. The SMILES string of the molecule is C[C@H](NC(=O)CCCn1cnc2c1c(=O)n(C)c(=O)n2C)[C@@H]1C[C@H]2CC[C@H]1C2. The molecule has 28 heavy (non-hydrogen) atoms. The van der Waals surface area contributed by atoms with Crippen LogP contribution < -0.4 is 16.6 Å². The van der Waals surface area contributed by atoms with Crippen LogP contribution in [-0.4, -0.2) is 30.6 Å². The zero-order valence-electron chi connectivity index (χ0n) is 16.9. The molecule has 0 spiro atoms. The third-order valence-corrected chi connectivity index (χ3v) is 6.84. The Morgan fingerprint density at radius 1 is 1.25 bits per heavy atom. The summed E-state index contributed by atoms with van der Waals surface area (Å²) in [5.74, 6) is 2.37. The molecule has 2 aromatic rings. The molecule has 2 aliphatic carbocycles. The number of rotatable bonds is 6. The number of imidazole rings is 1. The number of fused-ring (bicyclic) bond motifs is 3. The van der Waals surface area contributed by atoms with Crippen LogP contribution in [0.5, 0.6) is 0 Å². The molecule has 2 heterocycles. The van der Waals surface area contributed by atoms with E-state index in [0.29, 0.717) is 36.5 Å². The molecule has 1 amide bonds. The lowest BCUT2D eigenvalue weighted by Gasteiger charge is -2.28. The summed E-state index contributed by atoms with van der Waals surface area (Å²) in [4.78, 5) is 41.0. The number of amides is 1. The van der Waals surface area contributed by atoms with Crippen molar-refractivity contribution in [3.63, 3.8) is 0 Å². The summed E-state index contributed by atoms with van der Waals surface area (Å²) in [6.45, 7) is 2.65. The molecule has 0 aliphatic heterocycles. The number of aromatic nitrogens is 4. The highest BCUT2D eigenvalue weighted by Gasteiger charge is 2.42. The lowest BCUT2D eigenvalue weighted by atomic mass is 9.84. The number of nitrogens with zero attached hydrogens (tertiary/aromatic N) is 4. The lowest BCUT2D eigenvalue weighted by molar-refractivity contribution is -0.122. The Hall–Kier alpha value is -2.38. The van der Waals surface area contributed by atoms with Gasteiger partial charge >= 0.3 is 5.69 Å². The van der Waals surface area contributed by atoms with Gasteiger partial charge in [-0.3, -0.25) is 18.7 Å². The summed E-state index contributed by atoms with van der Waals surface area (Å²) in [5.41, 5.74) is 0.0320. The lowest BCUT2D eigenvalue weighted by Crippen LogP contribution is -2.40. The van der Waals surface area contributed by atoms with Crippen molar-refractivity contribution in [2.75, 3.05) is 0 Å². The molecule has 8 nitrogen and oxygen atoms in total. The molecule has 2 aromatic heterocycles. The smallest absolute Gasteiger partial charge is 0.332 e. The van der Waals surface area contributed by atoms with Crippen LogP contribution in [0.4, 0.5) is 0 Å². The second-order valence-corrected chi connectivity index (χ2v) is 8.61. The molecule has 2 saturated carbocycles. The molecule has 2 bridgehead atoms. The van der Waals surface area contributed by atoms with Crippen LogP contribution in [0, 0.1) is 17.8 Å². The van der Waals surface area contributed by atoms with Gasteiger partial charge in [0.05, 0.1) is 6.33 Å². The highest BCUT2D eigenvalue weighted by Crippen LogP contribution is 2.49. The van der Waals surface area contributed by atoms with Crippen LogP contribution in [0.15, 0.2) is 15.9 Å². The third kappa shape index (κ3) is 3.18. The molecule has 2 fully saturated rings. The highest BCUT2D eigenvalue weighted by atomic mass is 16.2. The summed E-state index contributed by atoms with van der Waals surface area (Å²) in [5, 5.41) is 3.19. The molecule has 0 saturated heterocycles. The van der Waals surface area contributed by atoms with E-state index in [1.165, 1.54) is 37.3 Å². The number of hydrogen-bond donors (Lipinski definition) is 1. The zero-order chi connectivity index (χ0) is 20.0. The third-order valence-electron chi connectivity index (χ3n) is 6.84. The van der Waals surface area contributed by atoms with Gasteiger partial charge < -0.3 is 9.88 Å². The highest BCUT2D eigenvalue weighted by molar-refractivity contribution is 5.76. The van der Waals surface area contributed by atoms with Gasteiger partial charge in [-0.2, -0.15) is 0 Å². The summed E-state index contributed by atoms with van der Waals surface area (Å²) in [6.07, 6.45) is 7.89. The van der Waals surface area contributed by atoms with E-state index in [0.717, 1.165) is 16.4 Å². The van der Waals surface area contributed by atoms with Gasteiger partial charge in [0.2, 0.25) is 5.91 Å². The zero-order valence-corrected chi connectivity index (χ0v) is 16.9. The number of nitrogens with one attached hydrogen (secondary N) is 1. The average molecular weight is 387 g/mol. The quantitative estimate of drug-likeness (QED) is 0.805. The van der Waals surface area contributed by atoms with E-state index >= 15 is 0 Å². The first-order valence-corrected chi connectivity index (χ1v) is 10.3. The predicted octanol–water partition coefficient (Wildman–Crippen LogP) is 1.15. The number of aryl methyl sites for hydroxylation is 2. The number of hydrogen-bond acceptors (Lipinski definition) is 4. The van der Waals surface area contributed by atoms with Gasteiger partial charge in [0.25, 0.3) is 5.56 Å². The van der Waals surface area contributed by atoms with Gasteiger partial charge in [-0.25, -0.2) is 9.78 Å². The van der Waals surface area contributed by atoms with Crippen LogP contribution in [0.2, 0.25) is 0 Å². The molecule has 152 valence electrons. The monoisotopic (exact) mass is 387 g/mol. The van der Waals surface area contributed by atoms with E-state index in [1.807, 2.05) is 0 Å². The largest absolute Gasteiger partial charge is 0.353 e. The summed E-state index contributed by atoms with van der Waals surface area (Å²) in [7, 11) is 3.07. The van der Waals surface area contributed by atoms with Crippen molar-refractivity contribution in [1.82, 2.24) is 24.0 Å². The van der Waals surface area contributed by atoms with E-state index in [1.54, 1.807) is 17.9 Å². The van der Waals surface area contributed by atoms with E-state index in [-0.39, 0.29) is 17.5 Å². The van der Waals surface area contributed by atoms with Crippen molar-refractivity contribution in [3.05, 3.63) is 27.2 Å². The molecule has 0 radical (unpaired) electrons. The van der Waals surface area contributed by atoms with Gasteiger partial charge in [0, 0.05) is 33.1 Å². The first kappa shape index (κ1) is 19.0. The van der Waals surface area contributed by atoms with Gasteiger partial charge in [0.15, 0.2) is 11.2 Å².